The fourth-order valence-corrected chi connectivity index (χ4v) is 2.85. The van der Waals surface area contributed by atoms with E-state index in [2.05, 4.69) is 10.1 Å². The van der Waals surface area contributed by atoms with Crippen LogP contribution in [-0.4, -0.2) is 62.0 Å². The Balaban J connectivity index is 1.92. The van der Waals surface area contributed by atoms with Gasteiger partial charge in [0.05, 0.1) is 32.3 Å². The second-order valence-electron chi connectivity index (χ2n) is 6.94. The highest BCUT2D eigenvalue weighted by Gasteiger charge is 2.38. The molecule has 1 atom stereocenters. The Morgan fingerprint density at radius 2 is 1.85 bits per heavy atom. The van der Waals surface area contributed by atoms with Gasteiger partial charge in [0.25, 0.3) is 0 Å². The Labute approximate surface area is 186 Å². The van der Waals surface area contributed by atoms with Crippen molar-refractivity contribution in [1.82, 2.24) is 5.32 Å². The average Bonchev–Trinajstić information content (AvgIpc) is 2.75. The van der Waals surface area contributed by atoms with Crippen molar-refractivity contribution in [3.8, 4) is 5.75 Å². The number of carbonyl (C=O) groups is 4. The molecule has 1 aliphatic rings. The molecule has 180 valence electrons. The van der Waals surface area contributed by atoms with E-state index < -0.39 is 62.7 Å². The first-order valence-corrected chi connectivity index (χ1v) is 9.72. The van der Waals surface area contributed by atoms with Crippen LogP contribution in [0.15, 0.2) is 18.2 Å². The van der Waals surface area contributed by atoms with Crippen LogP contribution in [0.25, 0.3) is 0 Å². The van der Waals surface area contributed by atoms with Crippen LogP contribution in [0.5, 0.6) is 5.75 Å². The van der Waals surface area contributed by atoms with Gasteiger partial charge in [-0.2, -0.15) is 13.2 Å². The number of carbonyl (C=O) groups excluding carboxylic acids is 4. The van der Waals surface area contributed by atoms with Gasteiger partial charge in [-0.3, -0.25) is 14.4 Å². The molecule has 1 heterocycles. The fraction of sp³-hybridized carbons (Fsp3) is 0.474. The van der Waals surface area contributed by atoms with Crippen LogP contribution in [0.4, 0.5) is 13.2 Å². The number of benzene rings is 1. The number of hydrogen-bond acceptors (Lipinski definition) is 9. The number of fused-ring (bicyclic) bond motifs is 1. The van der Waals surface area contributed by atoms with Crippen LogP contribution < -0.4 is 9.97 Å². The number of para-hydroxylation sites is 1. The summed E-state index contributed by atoms with van der Waals surface area (Å²) < 4.78 is 56.0. The Morgan fingerprint density at radius 1 is 1.15 bits per heavy atom. The van der Waals surface area contributed by atoms with Gasteiger partial charge >= 0.3 is 31.2 Å². The molecular formula is C19H21BF3NO9. The summed E-state index contributed by atoms with van der Waals surface area (Å²) in [5.74, 6) is -4.31. The molecule has 33 heavy (non-hydrogen) atoms. The number of amides is 1. The van der Waals surface area contributed by atoms with Crippen molar-refractivity contribution >= 4 is 30.9 Å². The second-order valence-corrected chi connectivity index (χ2v) is 6.94. The molecule has 0 saturated heterocycles. The van der Waals surface area contributed by atoms with E-state index in [1.807, 2.05) is 0 Å². The minimum Gasteiger partial charge on any atom is -0.534 e. The third kappa shape index (κ3) is 8.29. The molecule has 1 aromatic carbocycles. The zero-order chi connectivity index (χ0) is 24.6. The van der Waals surface area contributed by atoms with Gasteiger partial charge in [0.2, 0.25) is 12.7 Å². The van der Waals surface area contributed by atoms with E-state index in [1.165, 1.54) is 19.2 Å². The molecule has 0 radical (unpaired) electrons. The zero-order valence-corrected chi connectivity index (χ0v) is 17.5. The molecule has 14 heteroatoms. The highest BCUT2D eigenvalue weighted by molar-refractivity contribution is 6.47. The predicted octanol–water partition coefficient (Wildman–Crippen LogP) is 1.08. The lowest BCUT2D eigenvalue weighted by Gasteiger charge is -2.29. The number of rotatable bonds is 9. The molecule has 1 amide bonds. The second kappa shape index (κ2) is 11.5. The standard InChI is InChI=1S/C19H21BF3NO9/c1-30-15(26)5-6-16(27)31-10-32-18(28)12-4-2-3-11-9-13(20(29)33-17(11)12)24-14(25)7-8-19(21,22)23/h2-4,13,29H,5-10H2,1H3,(H,24,25)/t13-/m0/s1. The SMILES string of the molecule is COC(=O)CCC(=O)OCOC(=O)c1cccc2c1OB(O)[C@@H](NC(=O)CCC(F)(F)F)C2. The van der Waals surface area contributed by atoms with Crippen molar-refractivity contribution in [1.29, 1.82) is 0 Å². The van der Waals surface area contributed by atoms with Crippen molar-refractivity contribution in [2.24, 2.45) is 0 Å². The first-order valence-electron chi connectivity index (χ1n) is 9.72. The summed E-state index contributed by atoms with van der Waals surface area (Å²) in [4.78, 5) is 46.6. The smallest absolute Gasteiger partial charge is 0.534 e. The first kappa shape index (κ1) is 26.0. The van der Waals surface area contributed by atoms with Gasteiger partial charge < -0.3 is 29.2 Å². The molecule has 10 nitrogen and oxygen atoms in total. The van der Waals surface area contributed by atoms with Gasteiger partial charge in [-0.1, -0.05) is 12.1 Å². The number of alkyl halides is 3. The molecule has 2 rings (SSSR count). The lowest BCUT2D eigenvalue weighted by atomic mass is 9.72. The van der Waals surface area contributed by atoms with E-state index >= 15 is 0 Å². The highest BCUT2D eigenvalue weighted by atomic mass is 19.4. The molecule has 0 fully saturated rings. The van der Waals surface area contributed by atoms with Crippen molar-refractivity contribution in [3.63, 3.8) is 0 Å². The van der Waals surface area contributed by atoms with E-state index in [0.717, 1.165) is 0 Å². The molecular weight excluding hydrogens is 454 g/mol. The normalized spacial score (nSPS) is 15.1. The first-order chi connectivity index (χ1) is 15.5. The van der Waals surface area contributed by atoms with Crippen molar-refractivity contribution in [3.05, 3.63) is 29.3 Å². The summed E-state index contributed by atoms with van der Waals surface area (Å²) in [5.41, 5.74) is 0.296. The number of hydrogen-bond donors (Lipinski definition) is 2. The minimum atomic E-state index is -4.49. The van der Waals surface area contributed by atoms with Crippen LogP contribution in [0.3, 0.4) is 0 Å². The maximum atomic E-state index is 12.3. The molecule has 0 spiro atoms. The van der Waals surface area contributed by atoms with E-state index in [9.17, 15) is 37.4 Å². The zero-order valence-electron chi connectivity index (χ0n) is 17.5. The Kier molecular flexibility index (Phi) is 9.08. The van der Waals surface area contributed by atoms with Gasteiger partial charge in [-0.15, -0.1) is 0 Å². The topological polar surface area (TPSA) is 137 Å². The number of esters is 3. The molecule has 2 N–H and O–H groups in total. The van der Waals surface area contributed by atoms with E-state index in [0.29, 0.717) is 5.56 Å². The summed E-state index contributed by atoms with van der Waals surface area (Å²) in [6.45, 7) is -0.733. The van der Waals surface area contributed by atoms with Gasteiger partial charge in [0.15, 0.2) is 0 Å². The summed E-state index contributed by atoms with van der Waals surface area (Å²) in [5, 5.41) is 12.4. The summed E-state index contributed by atoms with van der Waals surface area (Å²) >= 11 is 0. The molecule has 0 saturated carbocycles. The minimum absolute atomic E-state index is 0.0160. The van der Waals surface area contributed by atoms with E-state index in [1.54, 1.807) is 6.07 Å². The lowest BCUT2D eigenvalue weighted by Crippen LogP contribution is -2.53. The third-order valence-corrected chi connectivity index (χ3v) is 4.49. The number of methoxy groups -OCH3 is 1. The van der Waals surface area contributed by atoms with Crippen LogP contribution in [0.2, 0.25) is 0 Å². The van der Waals surface area contributed by atoms with Crippen molar-refractivity contribution in [2.45, 2.75) is 44.2 Å². The maximum Gasteiger partial charge on any atom is 0.547 e. The molecule has 1 aliphatic heterocycles. The quantitative estimate of drug-likeness (QED) is 0.305. The van der Waals surface area contributed by atoms with Crippen LogP contribution in [0.1, 0.15) is 41.6 Å². The summed E-state index contributed by atoms with van der Waals surface area (Å²) in [7, 11) is -0.462. The predicted molar refractivity (Wildman–Crippen MR) is 104 cm³/mol. The summed E-state index contributed by atoms with van der Waals surface area (Å²) in [6, 6.07) is 4.34. The Hall–Kier alpha value is -3.29. The summed E-state index contributed by atoms with van der Waals surface area (Å²) in [6.07, 6.45) is -7.08. The highest BCUT2D eigenvalue weighted by Crippen LogP contribution is 2.31. The molecule has 0 aromatic heterocycles. The van der Waals surface area contributed by atoms with Crippen LogP contribution >= 0.6 is 0 Å². The van der Waals surface area contributed by atoms with Gasteiger partial charge in [-0.05, 0) is 18.1 Å². The van der Waals surface area contributed by atoms with Gasteiger partial charge in [-0.25, -0.2) is 4.79 Å². The number of ether oxygens (including phenoxy) is 3. The van der Waals surface area contributed by atoms with Gasteiger partial charge in [0, 0.05) is 6.42 Å². The maximum absolute atomic E-state index is 12.3. The van der Waals surface area contributed by atoms with E-state index in [4.69, 9.17) is 14.1 Å². The van der Waals surface area contributed by atoms with Crippen LogP contribution in [-0.2, 0) is 35.0 Å². The number of nitrogens with one attached hydrogen (secondary N) is 1. The molecule has 0 bridgehead atoms. The largest absolute Gasteiger partial charge is 0.547 e. The monoisotopic (exact) mass is 475 g/mol. The molecule has 0 unspecified atom stereocenters. The molecule has 1 aromatic rings. The number of halogens is 3. The Morgan fingerprint density at radius 3 is 2.52 bits per heavy atom. The average molecular weight is 475 g/mol. The Bertz CT molecular complexity index is 894. The fourth-order valence-electron chi connectivity index (χ4n) is 2.85. The lowest BCUT2D eigenvalue weighted by molar-refractivity contribution is -0.155. The van der Waals surface area contributed by atoms with Crippen molar-refractivity contribution < 1.29 is 56.2 Å². The van der Waals surface area contributed by atoms with Gasteiger partial charge in [0.1, 0.15) is 11.3 Å². The van der Waals surface area contributed by atoms with E-state index in [-0.39, 0.29) is 30.6 Å². The van der Waals surface area contributed by atoms with Crippen LogP contribution in [0, 0.1) is 0 Å². The molecule has 0 aliphatic carbocycles. The van der Waals surface area contributed by atoms with Crippen molar-refractivity contribution in [2.75, 3.05) is 13.9 Å². The third-order valence-electron chi connectivity index (χ3n) is 4.49.